The van der Waals surface area contributed by atoms with Crippen LogP contribution in [0, 0.1) is 0 Å². The fourth-order valence-electron chi connectivity index (χ4n) is 0.0393. The lowest BCUT2D eigenvalue weighted by Gasteiger charge is -1.75. The van der Waals surface area contributed by atoms with Crippen molar-refractivity contribution in [3.8, 4) is 0 Å². The zero-order valence-electron chi connectivity index (χ0n) is 2.68. The molecule has 0 heterocycles. The van der Waals surface area contributed by atoms with Crippen molar-refractivity contribution in [1.29, 1.82) is 0 Å². The van der Waals surface area contributed by atoms with Gasteiger partial charge in [-0.15, -0.1) is 0 Å². The van der Waals surface area contributed by atoms with E-state index in [0.717, 1.165) is 0 Å². The van der Waals surface area contributed by atoms with Crippen molar-refractivity contribution in [3.63, 3.8) is 0 Å². The second kappa shape index (κ2) is 4.06. The molecular weight excluding hydrogens is 87.0 g/mol. The maximum atomic E-state index is 9.27. The SMILES string of the molecule is O=CCOP. The van der Waals surface area contributed by atoms with E-state index in [1.165, 1.54) is 0 Å². The van der Waals surface area contributed by atoms with Gasteiger partial charge in [0.1, 0.15) is 12.9 Å². The van der Waals surface area contributed by atoms with Gasteiger partial charge in [0.2, 0.25) is 0 Å². The molecule has 0 aromatic heterocycles. The Balaban J connectivity index is 2.40. The molecule has 0 aliphatic carbocycles. The normalized spacial score (nSPS) is 7.40. The zero-order chi connectivity index (χ0) is 4.12. The standard InChI is InChI=1S/C2H5O2P/c3-1-2-4-5/h1H,2,5H2. The van der Waals surface area contributed by atoms with Gasteiger partial charge in [-0.25, -0.2) is 0 Å². The Hall–Kier alpha value is 0.0600. The third-order valence-electron chi connectivity index (χ3n) is 0.164. The first kappa shape index (κ1) is 5.06. The van der Waals surface area contributed by atoms with E-state index in [2.05, 4.69) is 4.52 Å². The lowest BCUT2D eigenvalue weighted by atomic mass is 10.9. The van der Waals surface area contributed by atoms with E-state index >= 15 is 0 Å². The summed E-state index contributed by atoms with van der Waals surface area (Å²) in [6.45, 7) is 0.171. The van der Waals surface area contributed by atoms with Crippen molar-refractivity contribution in [1.82, 2.24) is 0 Å². The minimum absolute atomic E-state index is 0.171. The Kier molecular flexibility index (Phi) is 4.11. The molecule has 0 saturated heterocycles. The van der Waals surface area contributed by atoms with Crippen LogP contribution in [0.5, 0.6) is 0 Å². The van der Waals surface area contributed by atoms with Crippen LogP contribution in [-0.4, -0.2) is 12.9 Å². The van der Waals surface area contributed by atoms with Crippen LogP contribution in [0.25, 0.3) is 0 Å². The van der Waals surface area contributed by atoms with E-state index in [4.69, 9.17) is 0 Å². The average molecular weight is 92.0 g/mol. The van der Waals surface area contributed by atoms with Gasteiger partial charge in [-0.1, -0.05) is 0 Å². The Morgan fingerprint density at radius 1 is 2.00 bits per heavy atom. The highest BCUT2D eigenvalue weighted by molar-refractivity contribution is 7.09. The molecule has 0 saturated carbocycles. The third kappa shape index (κ3) is 4.06. The Morgan fingerprint density at radius 2 is 2.60 bits per heavy atom. The maximum Gasteiger partial charge on any atom is 0.145 e. The predicted molar refractivity (Wildman–Crippen MR) is 21.7 cm³/mol. The van der Waals surface area contributed by atoms with Gasteiger partial charge in [-0.3, -0.25) is 0 Å². The average Bonchev–Trinajstić information content (AvgIpc) is 1.41. The number of carbonyl (C=O) groups excluding carboxylic acids is 1. The quantitative estimate of drug-likeness (QED) is 0.353. The summed E-state index contributed by atoms with van der Waals surface area (Å²) in [4.78, 5) is 9.27. The molecule has 2 nitrogen and oxygen atoms in total. The van der Waals surface area contributed by atoms with Crippen molar-refractivity contribution in [2.24, 2.45) is 0 Å². The van der Waals surface area contributed by atoms with Crippen LogP contribution < -0.4 is 0 Å². The minimum Gasteiger partial charge on any atom is -0.358 e. The van der Waals surface area contributed by atoms with E-state index in [1.54, 1.807) is 0 Å². The fourth-order valence-corrected chi connectivity index (χ4v) is 0.118. The van der Waals surface area contributed by atoms with Crippen LogP contribution in [0.15, 0.2) is 0 Å². The van der Waals surface area contributed by atoms with Crippen LogP contribution in [0.2, 0.25) is 0 Å². The summed E-state index contributed by atoms with van der Waals surface area (Å²) in [5, 5.41) is 0. The van der Waals surface area contributed by atoms with E-state index in [0.29, 0.717) is 6.29 Å². The summed E-state index contributed by atoms with van der Waals surface area (Å²) >= 11 is 0. The second-order valence-electron chi connectivity index (χ2n) is 0.500. The second-order valence-corrected chi connectivity index (χ2v) is 0.833. The molecule has 0 bridgehead atoms. The number of rotatable bonds is 2. The minimum atomic E-state index is 0.171. The van der Waals surface area contributed by atoms with Crippen molar-refractivity contribution < 1.29 is 9.32 Å². The molecule has 0 aliphatic heterocycles. The van der Waals surface area contributed by atoms with Crippen LogP contribution >= 0.6 is 9.47 Å². The lowest BCUT2D eigenvalue weighted by molar-refractivity contribution is -0.109. The molecule has 30 valence electrons. The van der Waals surface area contributed by atoms with Gasteiger partial charge >= 0.3 is 0 Å². The van der Waals surface area contributed by atoms with E-state index in [-0.39, 0.29) is 6.61 Å². The molecule has 0 spiro atoms. The van der Waals surface area contributed by atoms with Crippen LogP contribution in [0.4, 0.5) is 0 Å². The Bertz CT molecular complexity index is 28.8. The number of carbonyl (C=O) groups is 1. The fraction of sp³-hybridized carbons (Fsp3) is 0.500. The largest absolute Gasteiger partial charge is 0.358 e. The zero-order valence-corrected chi connectivity index (χ0v) is 3.83. The molecule has 5 heavy (non-hydrogen) atoms. The molecule has 0 radical (unpaired) electrons. The highest BCUT2D eigenvalue weighted by Gasteiger charge is 1.64. The van der Waals surface area contributed by atoms with Crippen LogP contribution in [0.1, 0.15) is 0 Å². The summed E-state index contributed by atoms with van der Waals surface area (Å²) in [6.07, 6.45) is 0.688. The topological polar surface area (TPSA) is 26.3 Å². The lowest BCUT2D eigenvalue weighted by Crippen LogP contribution is -1.78. The predicted octanol–water partition coefficient (Wildman–Crippen LogP) is -0.00800. The van der Waals surface area contributed by atoms with E-state index in [1.807, 2.05) is 9.47 Å². The Labute approximate surface area is 32.8 Å². The van der Waals surface area contributed by atoms with Gasteiger partial charge in [0.25, 0.3) is 0 Å². The van der Waals surface area contributed by atoms with Crippen molar-refractivity contribution >= 4 is 15.8 Å². The molecule has 0 aromatic carbocycles. The summed E-state index contributed by atoms with van der Waals surface area (Å²) in [5.41, 5.74) is 0. The van der Waals surface area contributed by atoms with Crippen molar-refractivity contribution in [3.05, 3.63) is 0 Å². The van der Waals surface area contributed by atoms with Gasteiger partial charge in [0.15, 0.2) is 0 Å². The van der Waals surface area contributed by atoms with E-state index in [9.17, 15) is 4.79 Å². The number of hydrogen-bond acceptors (Lipinski definition) is 2. The molecule has 3 heteroatoms. The molecule has 0 fully saturated rings. The molecule has 0 amide bonds. The molecule has 0 N–H and O–H groups in total. The summed E-state index contributed by atoms with van der Waals surface area (Å²) < 4.78 is 4.24. The maximum absolute atomic E-state index is 9.27. The molecule has 1 unspecified atom stereocenters. The molecule has 0 aromatic rings. The summed E-state index contributed by atoms with van der Waals surface area (Å²) in [6, 6.07) is 0. The Morgan fingerprint density at radius 3 is 2.60 bits per heavy atom. The van der Waals surface area contributed by atoms with E-state index < -0.39 is 0 Å². The monoisotopic (exact) mass is 92.0 g/mol. The molecule has 1 atom stereocenters. The number of aldehydes is 1. The molecular formula is C2H5O2P. The summed E-state index contributed by atoms with van der Waals surface area (Å²) in [7, 11) is 1.97. The highest BCUT2D eigenvalue weighted by atomic mass is 31.0. The van der Waals surface area contributed by atoms with Gasteiger partial charge in [-0.05, 0) is 0 Å². The smallest absolute Gasteiger partial charge is 0.145 e. The van der Waals surface area contributed by atoms with Gasteiger partial charge < -0.3 is 9.32 Å². The van der Waals surface area contributed by atoms with Gasteiger partial charge in [0, 0.05) is 9.47 Å². The first-order valence-corrected chi connectivity index (χ1v) is 1.64. The van der Waals surface area contributed by atoms with Gasteiger partial charge in [0.05, 0.1) is 0 Å². The van der Waals surface area contributed by atoms with Crippen molar-refractivity contribution in [2.45, 2.75) is 0 Å². The third-order valence-corrected chi connectivity index (χ3v) is 0.357. The van der Waals surface area contributed by atoms with Crippen molar-refractivity contribution in [2.75, 3.05) is 6.61 Å². The first-order valence-electron chi connectivity index (χ1n) is 1.17. The van der Waals surface area contributed by atoms with Crippen LogP contribution in [0.3, 0.4) is 0 Å². The van der Waals surface area contributed by atoms with Gasteiger partial charge in [-0.2, -0.15) is 0 Å². The number of hydrogen-bond donors (Lipinski definition) is 0. The molecule has 0 aliphatic rings. The highest BCUT2D eigenvalue weighted by Crippen LogP contribution is 1.76. The summed E-state index contributed by atoms with van der Waals surface area (Å²) in [5.74, 6) is 0. The first-order chi connectivity index (χ1) is 2.41. The van der Waals surface area contributed by atoms with Crippen LogP contribution in [-0.2, 0) is 9.32 Å². The molecule has 0 rings (SSSR count).